The van der Waals surface area contributed by atoms with Crippen LogP contribution in [0.3, 0.4) is 0 Å². The molecule has 0 saturated carbocycles. The summed E-state index contributed by atoms with van der Waals surface area (Å²) in [4.78, 5) is 27.3. The molecule has 0 aromatic carbocycles. The van der Waals surface area contributed by atoms with Crippen LogP contribution in [-0.4, -0.2) is 84.3 Å². The molecule has 0 aromatic rings. The monoisotopic (exact) mass is 341 g/mol. The fourth-order valence-corrected chi connectivity index (χ4v) is 3.29. The summed E-state index contributed by atoms with van der Waals surface area (Å²) in [5.41, 5.74) is 0. The Morgan fingerprint density at radius 1 is 1.21 bits per heavy atom. The Balaban J connectivity index is 1.71. The standard InChI is InChI=1S/C17H31N3O4/c1-3-4-5-6-16(22)18-14-12-24-15(17(14)23)11-19-7-9-20(10-8-19)13(2)21/h14-15,17,23H,3-12H2,1-2H3,(H,18,22)/t14-,15-,17+/m0/s1. The molecule has 138 valence electrons. The van der Waals surface area contributed by atoms with Crippen molar-refractivity contribution in [3.05, 3.63) is 0 Å². The molecule has 24 heavy (non-hydrogen) atoms. The third kappa shape index (κ3) is 5.43. The minimum Gasteiger partial charge on any atom is -0.388 e. The van der Waals surface area contributed by atoms with Gasteiger partial charge in [0.15, 0.2) is 0 Å². The summed E-state index contributed by atoms with van der Waals surface area (Å²) < 4.78 is 5.69. The van der Waals surface area contributed by atoms with Gasteiger partial charge < -0.3 is 20.1 Å². The van der Waals surface area contributed by atoms with Crippen LogP contribution >= 0.6 is 0 Å². The van der Waals surface area contributed by atoms with E-state index in [1.807, 2.05) is 4.90 Å². The van der Waals surface area contributed by atoms with Gasteiger partial charge in [0.25, 0.3) is 0 Å². The van der Waals surface area contributed by atoms with Gasteiger partial charge in [-0.1, -0.05) is 19.8 Å². The van der Waals surface area contributed by atoms with Gasteiger partial charge in [0.2, 0.25) is 11.8 Å². The lowest BCUT2D eigenvalue weighted by atomic mass is 10.1. The van der Waals surface area contributed by atoms with Crippen LogP contribution in [-0.2, 0) is 14.3 Å². The first-order chi connectivity index (χ1) is 11.5. The SMILES string of the molecule is CCCCCC(=O)N[C@H]1CO[C@@H](CN2CCN(C(C)=O)CC2)[C@@H]1O. The number of nitrogens with one attached hydrogen (secondary N) is 1. The minimum absolute atomic E-state index is 0.00757. The molecular weight excluding hydrogens is 310 g/mol. The molecule has 7 heteroatoms. The lowest BCUT2D eigenvalue weighted by Crippen LogP contribution is -2.52. The van der Waals surface area contributed by atoms with Gasteiger partial charge in [-0.25, -0.2) is 0 Å². The summed E-state index contributed by atoms with van der Waals surface area (Å²) in [6, 6.07) is -0.317. The van der Waals surface area contributed by atoms with Gasteiger partial charge in [-0.3, -0.25) is 14.5 Å². The second kappa shape index (κ2) is 9.34. The molecule has 2 aliphatic heterocycles. The summed E-state index contributed by atoms with van der Waals surface area (Å²) >= 11 is 0. The van der Waals surface area contributed by atoms with Crippen LogP contribution in [0.1, 0.15) is 39.5 Å². The molecule has 2 fully saturated rings. The first kappa shape index (κ1) is 19.1. The predicted molar refractivity (Wildman–Crippen MR) is 90.5 cm³/mol. The first-order valence-electron chi connectivity index (χ1n) is 9.08. The van der Waals surface area contributed by atoms with Crippen molar-refractivity contribution >= 4 is 11.8 Å². The lowest BCUT2D eigenvalue weighted by molar-refractivity contribution is -0.130. The Morgan fingerprint density at radius 3 is 2.54 bits per heavy atom. The number of hydrogen-bond donors (Lipinski definition) is 2. The molecule has 2 heterocycles. The molecule has 0 spiro atoms. The smallest absolute Gasteiger partial charge is 0.220 e. The quantitative estimate of drug-likeness (QED) is 0.636. The number of ether oxygens (including phenoxy) is 1. The second-order valence-electron chi connectivity index (χ2n) is 6.80. The molecule has 0 radical (unpaired) electrons. The number of hydrogen-bond acceptors (Lipinski definition) is 5. The Hall–Kier alpha value is -1.18. The van der Waals surface area contributed by atoms with E-state index in [4.69, 9.17) is 4.74 Å². The highest BCUT2D eigenvalue weighted by molar-refractivity contribution is 5.76. The van der Waals surface area contributed by atoms with Gasteiger partial charge in [-0.2, -0.15) is 0 Å². The zero-order chi connectivity index (χ0) is 17.5. The summed E-state index contributed by atoms with van der Waals surface area (Å²) in [5.74, 6) is 0.101. The van der Waals surface area contributed by atoms with E-state index in [0.29, 0.717) is 19.6 Å². The summed E-state index contributed by atoms with van der Waals surface area (Å²) in [6.45, 7) is 7.71. The Bertz CT molecular complexity index is 424. The summed E-state index contributed by atoms with van der Waals surface area (Å²) in [6.07, 6.45) is 2.57. The second-order valence-corrected chi connectivity index (χ2v) is 6.80. The van der Waals surface area contributed by atoms with Gasteiger partial charge in [0, 0.05) is 46.1 Å². The molecule has 2 aliphatic rings. The maximum atomic E-state index is 11.9. The van der Waals surface area contributed by atoms with Crippen molar-refractivity contribution in [3.8, 4) is 0 Å². The molecule has 7 nitrogen and oxygen atoms in total. The minimum atomic E-state index is -0.675. The van der Waals surface area contributed by atoms with E-state index < -0.39 is 6.10 Å². The number of amides is 2. The largest absolute Gasteiger partial charge is 0.388 e. The fraction of sp³-hybridized carbons (Fsp3) is 0.882. The summed E-state index contributed by atoms with van der Waals surface area (Å²) in [7, 11) is 0. The summed E-state index contributed by atoms with van der Waals surface area (Å²) in [5, 5.41) is 13.3. The highest BCUT2D eigenvalue weighted by Gasteiger charge is 2.38. The van der Waals surface area contributed by atoms with Crippen molar-refractivity contribution in [3.63, 3.8) is 0 Å². The number of rotatable bonds is 7. The molecule has 3 atom stereocenters. The molecule has 2 amide bonds. The van der Waals surface area contributed by atoms with Gasteiger partial charge in [0.1, 0.15) is 6.10 Å². The number of aliphatic hydroxyl groups excluding tert-OH is 1. The van der Waals surface area contributed by atoms with E-state index >= 15 is 0 Å². The Morgan fingerprint density at radius 2 is 1.92 bits per heavy atom. The van der Waals surface area contributed by atoms with E-state index in [9.17, 15) is 14.7 Å². The third-order valence-corrected chi connectivity index (χ3v) is 4.89. The van der Waals surface area contributed by atoms with Crippen LogP contribution in [0.25, 0.3) is 0 Å². The van der Waals surface area contributed by atoms with Crippen molar-refractivity contribution in [1.82, 2.24) is 15.1 Å². The van der Waals surface area contributed by atoms with E-state index in [2.05, 4.69) is 17.1 Å². The van der Waals surface area contributed by atoms with Crippen molar-refractivity contribution in [2.45, 2.75) is 57.8 Å². The topological polar surface area (TPSA) is 82.1 Å². The Labute approximate surface area is 144 Å². The molecule has 0 aromatic heterocycles. The van der Waals surface area contributed by atoms with E-state index in [-0.39, 0.29) is 24.0 Å². The molecule has 2 saturated heterocycles. The van der Waals surface area contributed by atoms with Crippen LogP contribution < -0.4 is 5.32 Å². The molecule has 0 bridgehead atoms. The number of carbonyl (C=O) groups is 2. The molecule has 0 unspecified atom stereocenters. The maximum Gasteiger partial charge on any atom is 0.220 e. The number of nitrogens with zero attached hydrogens (tertiary/aromatic N) is 2. The van der Waals surface area contributed by atoms with Crippen LogP contribution in [0.2, 0.25) is 0 Å². The van der Waals surface area contributed by atoms with Crippen LogP contribution in [0, 0.1) is 0 Å². The molecular formula is C17H31N3O4. The zero-order valence-corrected chi connectivity index (χ0v) is 14.9. The predicted octanol–water partition coefficient (Wildman–Crippen LogP) is -0.0247. The number of unbranched alkanes of at least 4 members (excludes halogenated alkanes) is 2. The normalized spacial score (nSPS) is 28.1. The van der Waals surface area contributed by atoms with E-state index in [1.165, 1.54) is 0 Å². The average Bonchev–Trinajstić information content (AvgIpc) is 2.89. The molecule has 2 N–H and O–H groups in total. The van der Waals surface area contributed by atoms with Crippen LogP contribution in [0.5, 0.6) is 0 Å². The third-order valence-electron chi connectivity index (χ3n) is 4.89. The van der Waals surface area contributed by atoms with Crippen LogP contribution in [0.15, 0.2) is 0 Å². The fourth-order valence-electron chi connectivity index (χ4n) is 3.29. The maximum absolute atomic E-state index is 11.9. The van der Waals surface area contributed by atoms with Gasteiger partial charge in [0.05, 0.1) is 18.8 Å². The van der Waals surface area contributed by atoms with Crippen molar-refractivity contribution in [2.75, 3.05) is 39.3 Å². The molecule has 2 rings (SSSR count). The van der Waals surface area contributed by atoms with E-state index in [1.54, 1.807) is 6.92 Å². The molecule has 0 aliphatic carbocycles. The number of carbonyl (C=O) groups excluding carboxylic acids is 2. The number of aliphatic hydroxyl groups is 1. The van der Waals surface area contributed by atoms with Gasteiger partial charge >= 0.3 is 0 Å². The Kier molecular flexibility index (Phi) is 7.45. The van der Waals surface area contributed by atoms with Gasteiger partial charge in [-0.15, -0.1) is 0 Å². The van der Waals surface area contributed by atoms with E-state index in [0.717, 1.165) is 45.4 Å². The van der Waals surface area contributed by atoms with Crippen molar-refractivity contribution in [1.29, 1.82) is 0 Å². The first-order valence-corrected chi connectivity index (χ1v) is 9.08. The van der Waals surface area contributed by atoms with Gasteiger partial charge in [-0.05, 0) is 6.42 Å². The zero-order valence-electron chi connectivity index (χ0n) is 14.9. The highest BCUT2D eigenvalue weighted by Crippen LogP contribution is 2.17. The van der Waals surface area contributed by atoms with Crippen LogP contribution in [0.4, 0.5) is 0 Å². The van der Waals surface area contributed by atoms with Crippen molar-refractivity contribution < 1.29 is 19.4 Å². The highest BCUT2D eigenvalue weighted by atomic mass is 16.5. The lowest BCUT2D eigenvalue weighted by Gasteiger charge is -2.35. The number of piperazine rings is 1. The van der Waals surface area contributed by atoms with Crippen molar-refractivity contribution in [2.24, 2.45) is 0 Å². The average molecular weight is 341 g/mol.